The van der Waals surface area contributed by atoms with Crippen LogP contribution in [0.2, 0.25) is 0 Å². The van der Waals surface area contributed by atoms with Crippen LogP contribution in [-0.2, 0) is 0 Å². The third-order valence-electron chi connectivity index (χ3n) is 3.51. The highest BCUT2D eigenvalue weighted by molar-refractivity contribution is 7.13. The van der Waals surface area contributed by atoms with E-state index in [2.05, 4.69) is 18.8 Å². The first-order chi connectivity index (χ1) is 8.08. The lowest BCUT2D eigenvalue weighted by molar-refractivity contribution is 0.0663. The van der Waals surface area contributed by atoms with Gasteiger partial charge >= 0.3 is 0 Å². The van der Waals surface area contributed by atoms with Crippen molar-refractivity contribution in [2.45, 2.75) is 26.7 Å². The zero-order chi connectivity index (χ0) is 12.4. The largest absolute Gasteiger partial charge is 0.375 e. The molecule has 0 spiro atoms. The zero-order valence-corrected chi connectivity index (χ0v) is 11.2. The van der Waals surface area contributed by atoms with Crippen LogP contribution >= 0.6 is 11.3 Å². The molecule has 0 atom stereocenters. The summed E-state index contributed by atoms with van der Waals surface area (Å²) in [4.78, 5) is 18.0. The number of anilines is 1. The molecule has 2 N–H and O–H groups in total. The number of aromatic nitrogens is 1. The fourth-order valence-corrected chi connectivity index (χ4v) is 2.85. The van der Waals surface area contributed by atoms with Crippen molar-refractivity contribution in [1.29, 1.82) is 0 Å². The van der Waals surface area contributed by atoms with Gasteiger partial charge in [0.15, 0.2) is 5.13 Å². The molecule has 1 aliphatic heterocycles. The molecule has 0 radical (unpaired) electrons. The number of carbonyl (C=O) groups is 1. The summed E-state index contributed by atoms with van der Waals surface area (Å²) in [5, 5.41) is 2.21. The molecule has 0 aromatic carbocycles. The Hall–Kier alpha value is -1.10. The van der Waals surface area contributed by atoms with Crippen molar-refractivity contribution >= 4 is 22.4 Å². The van der Waals surface area contributed by atoms with E-state index in [1.165, 1.54) is 11.3 Å². The number of nitrogens with two attached hydrogens (primary N) is 1. The van der Waals surface area contributed by atoms with Gasteiger partial charge in [-0.2, -0.15) is 0 Å². The number of piperidine rings is 1. The SMILES string of the molecule is CC(C)C1CCN(C(=O)c2csc(N)n2)CC1. The molecule has 1 aromatic rings. The van der Waals surface area contributed by atoms with E-state index in [1.807, 2.05) is 4.90 Å². The predicted octanol–water partition coefficient (Wildman–Crippen LogP) is 2.23. The minimum atomic E-state index is 0.0279. The van der Waals surface area contributed by atoms with Crippen LogP contribution in [0.4, 0.5) is 5.13 Å². The van der Waals surface area contributed by atoms with Crippen LogP contribution in [0.3, 0.4) is 0 Å². The Morgan fingerprint density at radius 1 is 1.53 bits per heavy atom. The summed E-state index contributed by atoms with van der Waals surface area (Å²) in [6.45, 7) is 6.20. The Morgan fingerprint density at radius 2 is 2.18 bits per heavy atom. The molecular weight excluding hydrogens is 234 g/mol. The van der Waals surface area contributed by atoms with Crippen LogP contribution in [0.1, 0.15) is 37.2 Å². The zero-order valence-electron chi connectivity index (χ0n) is 10.3. The minimum Gasteiger partial charge on any atom is -0.375 e. The second kappa shape index (κ2) is 5.04. The van der Waals surface area contributed by atoms with Crippen molar-refractivity contribution in [2.75, 3.05) is 18.8 Å². The number of rotatable bonds is 2. The van der Waals surface area contributed by atoms with E-state index in [4.69, 9.17) is 5.73 Å². The fourth-order valence-electron chi connectivity index (χ4n) is 2.32. The topological polar surface area (TPSA) is 59.2 Å². The summed E-state index contributed by atoms with van der Waals surface area (Å²) in [6, 6.07) is 0. The van der Waals surface area contributed by atoms with Crippen LogP contribution in [0, 0.1) is 11.8 Å². The summed E-state index contributed by atoms with van der Waals surface area (Å²) < 4.78 is 0. The highest BCUT2D eigenvalue weighted by atomic mass is 32.1. The van der Waals surface area contributed by atoms with Gasteiger partial charge in [0.1, 0.15) is 5.69 Å². The van der Waals surface area contributed by atoms with Crippen molar-refractivity contribution in [3.63, 3.8) is 0 Å². The molecule has 1 amide bonds. The van der Waals surface area contributed by atoms with Crippen molar-refractivity contribution in [2.24, 2.45) is 11.8 Å². The maximum atomic E-state index is 12.1. The Kier molecular flexibility index (Phi) is 3.66. The van der Waals surface area contributed by atoms with Gasteiger partial charge in [-0.15, -0.1) is 11.3 Å². The maximum absolute atomic E-state index is 12.1. The molecule has 17 heavy (non-hydrogen) atoms. The van der Waals surface area contributed by atoms with E-state index < -0.39 is 0 Å². The van der Waals surface area contributed by atoms with Crippen LogP contribution < -0.4 is 5.73 Å². The molecule has 0 aliphatic carbocycles. The molecular formula is C12H19N3OS. The van der Waals surface area contributed by atoms with Crippen molar-refractivity contribution in [1.82, 2.24) is 9.88 Å². The van der Waals surface area contributed by atoms with Gasteiger partial charge in [0.05, 0.1) is 0 Å². The first-order valence-electron chi connectivity index (χ1n) is 6.08. The number of nitrogen functional groups attached to an aromatic ring is 1. The number of hydrogen-bond acceptors (Lipinski definition) is 4. The van der Waals surface area contributed by atoms with E-state index >= 15 is 0 Å². The number of likely N-dealkylation sites (tertiary alicyclic amines) is 1. The number of thiazole rings is 1. The second-order valence-electron chi connectivity index (χ2n) is 4.94. The third-order valence-corrected chi connectivity index (χ3v) is 4.18. The van der Waals surface area contributed by atoms with Crippen LogP contribution in [0.5, 0.6) is 0 Å². The Labute approximate surface area is 106 Å². The molecule has 94 valence electrons. The van der Waals surface area contributed by atoms with Gasteiger partial charge in [0.25, 0.3) is 5.91 Å². The monoisotopic (exact) mass is 253 g/mol. The smallest absolute Gasteiger partial charge is 0.273 e. The normalized spacial score (nSPS) is 17.7. The van der Waals surface area contributed by atoms with Gasteiger partial charge in [-0.3, -0.25) is 4.79 Å². The Balaban J connectivity index is 1.95. The Bertz CT molecular complexity index is 394. The maximum Gasteiger partial charge on any atom is 0.273 e. The molecule has 5 heteroatoms. The van der Waals surface area contributed by atoms with Gasteiger partial charge in [-0.25, -0.2) is 4.98 Å². The molecule has 0 unspecified atom stereocenters. The summed E-state index contributed by atoms with van der Waals surface area (Å²) >= 11 is 1.32. The van der Waals surface area contributed by atoms with Gasteiger partial charge in [-0.1, -0.05) is 13.8 Å². The second-order valence-corrected chi connectivity index (χ2v) is 5.83. The molecule has 4 nitrogen and oxygen atoms in total. The highest BCUT2D eigenvalue weighted by Crippen LogP contribution is 2.25. The standard InChI is InChI=1S/C12H19N3OS/c1-8(2)9-3-5-15(6-4-9)11(16)10-7-17-12(13)14-10/h7-9H,3-6H2,1-2H3,(H2,13,14). The van der Waals surface area contributed by atoms with E-state index in [0.717, 1.165) is 31.8 Å². The summed E-state index contributed by atoms with van der Waals surface area (Å²) in [7, 11) is 0. The lowest BCUT2D eigenvalue weighted by Gasteiger charge is -2.33. The molecule has 0 saturated carbocycles. The predicted molar refractivity (Wildman–Crippen MR) is 70.0 cm³/mol. The summed E-state index contributed by atoms with van der Waals surface area (Å²) in [5.74, 6) is 1.49. The Morgan fingerprint density at radius 3 is 2.65 bits per heavy atom. The van der Waals surface area contributed by atoms with Crippen LogP contribution in [-0.4, -0.2) is 28.9 Å². The molecule has 0 bridgehead atoms. The quantitative estimate of drug-likeness (QED) is 0.879. The van der Waals surface area contributed by atoms with E-state index in [-0.39, 0.29) is 5.91 Å². The average molecular weight is 253 g/mol. The van der Waals surface area contributed by atoms with Crippen molar-refractivity contribution in [3.8, 4) is 0 Å². The van der Waals surface area contributed by atoms with E-state index in [1.54, 1.807) is 5.38 Å². The first kappa shape index (κ1) is 12.4. The molecule has 2 rings (SSSR count). The van der Waals surface area contributed by atoms with Crippen molar-refractivity contribution in [3.05, 3.63) is 11.1 Å². The minimum absolute atomic E-state index is 0.0279. The summed E-state index contributed by atoms with van der Waals surface area (Å²) in [5.41, 5.74) is 6.04. The number of nitrogens with zero attached hydrogens (tertiary/aromatic N) is 2. The van der Waals surface area contributed by atoms with Crippen LogP contribution in [0.15, 0.2) is 5.38 Å². The molecule has 2 heterocycles. The van der Waals surface area contributed by atoms with Gasteiger partial charge < -0.3 is 10.6 Å². The van der Waals surface area contributed by atoms with Crippen molar-refractivity contribution < 1.29 is 4.79 Å². The number of carbonyl (C=O) groups excluding carboxylic acids is 1. The van der Waals surface area contributed by atoms with Gasteiger partial charge in [0.2, 0.25) is 0 Å². The lowest BCUT2D eigenvalue weighted by atomic mass is 9.87. The molecule has 1 aliphatic rings. The van der Waals surface area contributed by atoms with Gasteiger partial charge in [-0.05, 0) is 24.7 Å². The highest BCUT2D eigenvalue weighted by Gasteiger charge is 2.26. The average Bonchev–Trinajstić information content (AvgIpc) is 2.75. The van der Waals surface area contributed by atoms with Gasteiger partial charge in [0, 0.05) is 18.5 Å². The summed E-state index contributed by atoms with van der Waals surface area (Å²) in [6.07, 6.45) is 2.20. The molecule has 1 fully saturated rings. The van der Waals surface area contributed by atoms with E-state index in [9.17, 15) is 4.79 Å². The molecule has 1 aromatic heterocycles. The van der Waals surface area contributed by atoms with Crippen LogP contribution in [0.25, 0.3) is 0 Å². The molecule has 1 saturated heterocycles. The first-order valence-corrected chi connectivity index (χ1v) is 6.96. The number of hydrogen-bond donors (Lipinski definition) is 1. The third kappa shape index (κ3) is 2.77. The fraction of sp³-hybridized carbons (Fsp3) is 0.667. The lowest BCUT2D eigenvalue weighted by Crippen LogP contribution is -2.39. The number of amides is 1. The van der Waals surface area contributed by atoms with E-state index in [0.29, 0.717) is 16.7 Å².